The number of alkyl halides is 3. The summed E-state index contributed by atoms with van der Waals surface area (Å²) in [5, 5.41) is 7.21. The predicted octanol–water partition coefficient (Wildman–Crippen LogP) is 8.70. The van der Waals surface area contributed by atoms with Crippen LogP contribution in [0.25, 0.3) is 5.57 Å². The molecule has 69 heavy (non-hydrogen) atoms. The Morgan fingerprint density at radius 1 is 0.942 bits per heavy atom. The Morgan fingerprint density at radius 2 is 1.68 bits per heavy atom. The van der Waals surface area contributed by atoms with E-state index in [1.165, 1.54) is 40.6 Å². The van der Waals surface area contributed by atoms with E-state index in [0.29, 0.717) is 60.8 Å². The molecule has 3 N–H and O–H groups in total. The Bertz CT molecular complexity index is 2780. The first kappa shape index (κ1) is 49.7. The number of rotatable bonds is 15. The SMILES string of the molecule is CC1(C)CCC(c2ccc(Cl)cc2)=C(CN2CCN3c4ccc(C(=O)NS(=O)(=O)c5ccc(N[C@H](CCN6C7CCC6CNC7)CSc6ccccc6)c(S(=O)(=O)C(F)(F)F)c5)cc4OC[C@@H]3C2)C1. The van der Waals surface area contributed by atoms with Crippen molar-refractivity contribution in [1.29, 1.82) is 0 Å². The summed E-state index contributed by atoms with van der Waals surface area (Å²) in [6.07, 6.45) is 5.67. The van der Waals surface area contributed by atoms with Gasteiger partial charge in [-0.2, -0.15) is 13.2 Å². The van der Waals surface area contributed by atoms with Gasteiger partial charge in [0, 0.05) is 85.2 Å². The molecule has 4 aromatic carbocycles. The van der Waals surface area contributed by atoms with Crippen LogP contribution in [0.5, 0.6) is 5.75 Å². The molecule has 1 aliphatic carbocycles. The zero-order valence-electron chi connectivity index (χ0n) is 38.6. The van der Waals surface area contributed by atoms with Crippen LogP contribution in [0.2, 0.25) is 5.02 Å². The minimum atomic E-state index is -6.07. The van der Waals surface area contributed by atoms with Crippen molar-refractivity contribution in [2.24, 2.45) is 5.41 Å². The zero-order chi connectivity index (χ0) is 48.7. The molecule has 4 heterocycles. The summed E-state index contributed by atoms with van der Waals surface area (Å²) in [7, 11) is -11.0. The molecular weight excluding hydrogens is 969 g/mol. The maximum absolute atomic E-state index is 14.3. The van der Waals surface area contributed by atoms with Crippen LogP contribution in [0.4, 0.5) is 24.5 Å². The molecule has 4 atom stereocenters. The van der Waals surface area contributed by atoms with E-state index in [1.807, 2.05) is 47.2 Å². The lowest BCUT2D eigenvalue weighted by Gasteiger charge is -2.46. The van der Waals surface area contributed by atoms with Crippen molar-refractivity contribution in [3.05, 3.63) is 113 Å². The average molecular weight is 1030 g/mol. The van der Waals surface area contributed by atoms with Gasteiger partial charge >= 0.3 is 5.51 Å². The van der Waals surface area contributed by atoms with Gasteiger partial charge in [0.25, 0.3) is 25.8 Å². The molecule has 3 saturated heterocycles. The normalized spacial score (nSPS) is 22.3. The number of halogens is 4. The number of carbonyl (C=O) groups is 1. The molecule has 4 aliphatic heterocycles. The zero-order valence-corrected chi connectivity index (χ0v) is 41.8. The van der Waals surface area contributed by atoms with E-state index in [9.17, 15) is 34.8 Å². The van der Waals surface area contributed by atoms with Gasteiger partial charge in [-0.1, -0.05) is 61.4 Å². The third kappa shape index (κ3) is 11.1. The molecule has 19 heteroatoms. The summed E-state index contributed by atoms with van der Waals surface area (Å²) in [6.45, 7) is 10.4. The molecule has 4 aromatic rings. The molecule has 0 radical (unpaired) electrons. The second-order valence-electron chi connectivity index (χ2n) is 19.6. The van der Waals surface area contributed by atoms with E-state index in [0.717, 1.165) is 87.5 Å². The van der Waals surface area contributed by atoms with Crippen LogP contribution in [0.1, 0.15) is 68.3 Å². The number of ether oxygens (including phenoxy) is 1. The van der Waals surface area contributed by atoms with Crippen molar-refractivity contribution in [2.75, 3.05) is 68.4 Å². The van der Waals surface area contributed by atoms with Crippen molar-refractivity contribution in [3.63, 3.8) is 0 Å². The maximum Gasteiger partial charge on any atom is 0.501 e. The second kappa shape index (κ2) is 20.1. The first-order valence-corrected chi connectivity index (χ1v) is 27.8. The number of hydrogen-bond donors (Lipinski definition) is 3. The molecule has 0 aromatic heterocycles. The summed E-state index contributed by atoms with van der Waals surface area (Å²) >= 11 is 7.69. The minimum Gasteiger partial charge on any atom is -0.489 e. The van der Waals surface area contributed by atoms with Gasteiger partial charge in [0.15, 0.2) is 0 Å². The molecule has 9 rings (SSSR count). The Morgan fingerprint density at radius 3 is 2.41 bits per heavy atom. The molecule has 1 amide bonds. The van der Waals surface area contributed by atoms with Crippen LogP contribution in [0, 0.1) is 5.41 Å². The number of sulfonamides is 1. The lowest BCUT2D eigenvalue weighted by molar-refractivity contribution is -0.0435. The monoisotopic (exact) mass is 1030 g/mol. The highest BCUT2D eigenvalue weighted by atomic mass is 35.5. The molecule has 12 nitrogen and oxygen atoms in total. The fraction of sp³-hybridized carbons (Fsp3) is 0.460. The van der Waals surface area contributed by atoms with Gasteiger partial charge in [-0.25, -0.2) is 21.6 Å². The number of anilines is 2. The fourth-order valence-corrected chi connectivity index (χ4v) is 13.7. The Kier molecular flexibility index (Phi) is 14.4. The van der Waals surface area contributed by atoms with Gasteiger partial charge in [-0.15, -0.1) is 11.8 Å². The summed E-state index contributed by atoms with van der Waals surface area (Å²) < 4.78 is 105. The van der Waals surface area contributed by atoms with Gasteiger partial charge in [0.2, 0.25) is 0 Å². The molecule has 0 saturated carbocycles. The van der Waals surface area contributed by atoms with Crippen LogP contribution in [0.3, 0.4) is 0 Å². The Labute approximate surface area is 412 Å². The van der Waals surface area contributed by atoms with Crippen LogP contribution in [0.15, 0.2) is 111 Å². The predicted molar refractivity (Wildman–Crippen MR) is 265 cm³/mol. The number of benzene rings is 4. The number of hydrogen-bond acceptors (Lipinski definition) is 12. The third-order valence-electron chi connectivity index (χ3n) is 14.2. The number of thioether (sulfide) groups is 1. The number of fused-ring (bicyclic) bond motifs is 5. The van der Waals surface area contributed by atoms with Crippen molar-refractivity contribution >= 4 is 66.1 Å². The average Bonchev–Trinajstić information content (AvgIpc) is 3.53. The molecule has 2 unspecified atom stereocenters. The third-order valence-corrected chi connectivity index (χ3v) is 18.5. The van der Waals surface area contributed by atoms with E-state index >= 15 is 0 Å². The highest BCUT2D eigenvalue weighted by Crippen LogP contribution is 2.44. The molecule has 370 valence electrons. The van der Waals surface area contributed by atoms with Gasteiger partial charge in [0.1, 0.15) is 17.3 Å². The van der Waals surface area contributed by atoms with E-state index < -0.39 is 47.1 Å². The smallest absolute Gasteiger partial charge is 0.489 e. The summed E-state index contributed by atoms with van der Waals surface area (Å²) in [5.41, 5.74) is -1.22. The minimum absolute atomic E-state index is 0.0299. The molecular formula is C50H58ClF3N6O6S3. The van der Waals surface area contributed by atoms with Gasteiger partial charge in [-0.05, 0) is 116 Å². The number of nitrogens with one attached hydrogen (secondary N) is 3. The summed E-state index contributed by atoms with van der Waals surface area (Å²) in [4.78, 5) is 19.6. The Balaban J connectivity index is 0.895. The summed E-state index contributed by atoms with van der Waals surface area (Å²) in [6, 6.07) is 24.9. The van der Waals surface area contributed by atoms with Crippen molar-refractivity contribution < 1.29 is 39.5 Å². The number of piperazine rings is 2. The lowest BCUT2D eigenvalue weighted by atomic mass is 9.72. The fourth-order valence-electron chi connectivity index (χ4n) is 10.6. The number of nitrogens with zero attached hydrogens (tertiary/aromatic N) is 3. The van der Waals surface area contributed by atoms with Crippen LogP contribution < -0.4 is 25.0 Å². The highest BCUT2D eigenvalue weighted by molar-refractivity contribution is 7.99. The Hall–Kier alpha value is -4.30. The van der Waals surface area contributed by atoms with E-state index in [4.69, 9.17) is 16.3 Å². The lowest BCUT2D eigenvalue weighted by Crippen LogP contribution is -2.57. The largest absolute Gasteiger partial charge is 0.501 e. The molecule has 5 aliphatic rings. The number of allylic oxidation sites excluding steroid dienone is 1. The highest BCUT2D eigenvalue weighted by Gasteiger charge is 2.49. The van der Waals surface area contributed by atoms with Crippen LogP contribution in [-0.2, 0) is 19.9 Å². The van der Waals surface area contributed by atoms with E-state index in [2.05, 4.69) is 51.3 Å². The van der Waals surface area contributed by atoms with E-state index in [-0.39, 0.29) is 22.7 Å². The van der Waals surface area contributed by atoms with Crippen molar-refractivity contribution in [3.8, 4) is 5.75 Å². The number of sulfone groups is 1. The topological polar surface area (TPSA) is 140 Å². The van der Waals surface area contributed by atoms with Gasteiger partial charge in [0.05, 0.1) is 22.3 Å². The second-order valence-corrected chi connectivity index (χ2v) is 24.7. The van der Waals surface area contributed by atoms with Crippen LogP contribution in [-0.4, -0.2) is 120 Å². The number of amides is 1. The molecule has 2 bridgehead atoms. The van der Waals surface area contributed by atoms with Gasteiger partial charge < -0.3 is 20.3 Å². The number of carbonyl (C=O) groups excluding carboxylic acids is 1. The van der Waals surface area contributed by atoms with Crippen molar-refractivity contribution in [2.45, 2.75) is 96.7 Å². The van der Waals surface area contributed by atoms with Crippen molar-refractivity contribution in [1.82, 2.24) is 19.8 Å². The first-order chi connectivity index (χ1) is 32.8. The standard InChI is InChI=1S/C50H58ClF3N6O6S3/c1-49(2)20-18-43(33-8-11-36(51)12-9-33)35(26-49)29-58-22-23-60-40(30-58)31-66-46-24-34(10-17-45(46)60)48(61)57-69(64,65)42-15-16-44(47(25-42)68(62,63)50(52,53)54)56-37(32-67-41-6-4-3-5-7-41)19-21-59-38-13-14-39(59)28-55-27-38/h3-12,15-17,24-25,37-40,55-56H,13-14,18-23,26-32H2,1-2H3,(H,57,61)/t37-,38?,39?,40+/m1/s1. The quantitative estimate of drug-likeness (QED) is 0.0982. The summed E-state index contributed by atoms with van der Waals surface area (Å²) in [5.74, 6) is -0.279. The van der Waals surface area contributed by atoms with Gasteiger partial charge in [-0.3, -0.25) is 14.6 Å². The molecule has 3 fully saturated rings. The first-order valence-electron chi connectivity index (χ1n) is 23.5. The molecule has 0 spiro atoms. The maximum atomic E-state index is 14.3. The van der Waals surface area contributed by atoms with E-state index in [1.54, 1.807) is 6.07 Å². The van der Waals surface area contributed by atoms with Crippen LogP contribution >= 0.6 is 23.4 Å².